The molecule has 3 N–H and O–H groups in total. The number of anilines is 1. The van der Waals surface area contributed by atoms with Gasteiger partial charge in [-0.2, -0.15) is 0 Å². The molecule has 0 aliphatic heterocycles. The molecule has 0 saturated carbocycles. The molecule has 1 atom stereocenters. The van der Waals surface area contributed by atoms with E-state index in [2.05, 4.69) is 5.32 Å². The minimum Gasteiger partial charge on any atom is -0.491 e. The zero-order chi connectivity index (χ0) is 20.6. The number of rotatable bonds is 9. The van der Waals surface area contributed by atoms with E-state index in [-0.39, 0.29) is 19.8 Å². The fraction of sp³-hybridized carbons (Fsp3) is 0.409. The Morgan fingerprint density at radius 3 is 2.25 bits per heavy atom. The van der Waals surface area contributed by atoms with E-state index < -0.39 is 17.6 Å². The summed E-state index contributed by atoms with van der Waals surface area (Å²) in [6, 6.07) is 14.7. The SMILES string of the molecule is Cc1ccc(NC(=O)O[C@H](c2ccc(OCCO)cc2)C(C)(C)CCO)cc1. The van der Waals surface area contributed by atoms with Crippen LogP contribution >= 0.6 is 0 Å². The summed E-state index contributed by atoms with van der Waals surface area (Å²) in [7, 11) is 0. The molecule has 1 amide bonds. The second-order valence-electron chi connectivity index (χ2n) is 7.38. The minimum atomic E-state index is -0.558. The molecule has 0 spiro atoms. The highest BCUT2D eigenvalue weighted by molar-refractivity contribution is 5.84. The van der Waals surface area contributed by atoms with E-state index in [1.165, 1.54) is 0 Å². The first-order chi connectivity index (χ1) is 13.4. The van der Waals surface area contributed by atoms with Gasteiger partial charge in [-0.3, -0.25) is 5.32 Å². The molecular weight excluding hydrogens is 358 g/mol. The molecule has 2 rings (SSSR count). The maximum Gasteiger partial charge on any atom is 0.412 e. The molecule has 0 aromatic heterocycles. The van der Waals surface area contributed by atoms with Crippen LogP contribution in [0.25, 0.3) is 0 Å². The highest BCUT2D eigenvalue weighted by Gasteiger charge is 2.34. The van der Waals surface area contributed by atoms with Crippen molar-refractivity contribution in [3.05, 3.63) is 59.7 Å². The Morgan fingerprint density at radius 2 is 1.68 bits per heavy atom. The van der Waals surface area contributed by atoms with Crippen LogP contribution < -0.4 is 10.1 Å². The van der Waals surface area contributed by atoms with Crippen LogP contribution in [-0.4, -0.2) is 36.1 Å². The third-order valence-electron chi connectivity index (χ3n) is 4.53. The molecule has 28 heavy (non-hydrogen) atoms. The average molecular weight is 387 g/mol. The van der Waals surface area contributed by atoms with E-state index in [4.69, 9.17) is 14.6 Å². The smallest absolute Gasteiger partial charge is 0.412 e. The second-order valence-corrected chi connectivity index (χ2v) is 7.38. The lowest BCUT2D eigenvalue weighted by Crippen LogP contribution is -2.29. The highest BCUT2D eigenvalue weighted by atomic mass is 16.6. The number of ether oxygens (including phenoxy) is 2. The number of hydrogen-bond acceptors (Lipinski definition) is 5. The van der Waals surface area contributed by atoms with Gasteiger partial charge in [-0.05, 0) is 43.2 Å². The lowest BCUT2D eigenvalue weighted by atomic mass is 9.80. The molecule has 0 saturated heterocycles. The van der Waals surface area contributed by atoms with E-state index in [1.54, 1.807) is 12.1 Å². The number of carbonyl (C=O) groups excluding carboxylic acids is 1. The summed E-state index contributed by atoms with van der Waals surface area (Å²) in [5.41, 5.74) is 2.08. The number of aryl methyl sites for hydroxylation is 1. The molecular formula is C22H29NO5. The Morgan fingerprint density at radius 1 is 1.04 bits per heavy atom. The molecule has 0 radical (unpaired) electrons. The van der Waals surface area contributed by atoms with E-state index in [1.807, 2.05) is 57.2 Å². The van der Waals surface area contributed by atoms with E-state index in [0.29, 0.717) is 17.9 Å². The Labute approximate surface area is 166 Å². The summed E-state index contributed by atoms with van der Waals surface area (Å²) in [6.45, 7) is 6.02. The molecule has 0 aliphatic carbocycles. The van der Waals surface area contributed by atoms with Gasteiger partial charge in [0.2, 0.25) is 0 Å². The highest BCUT2D eigenvalue weighted by Crippen LogP contribution is 2.40. The lowest BCUT2D eigenvalue weighted by Gasteiger charge is -2.33. The zero-order valence-electron chi connectivity index (χ0n) is 16.6. The summed E-state index contributed by atoms with van der Waals surface area (Å²) in [6.07, 6.45) is -0.643. The molecule has 6 nitrogen and oxygen atoms in total. The van der Waals surface area contributed by atoms with Crippen LogP contribution in [0, 0.1) is 12.3 Å². The molecule has 0 unspecified atom stereocenters. The van der Waals surface area contributed by atoms with Crippen molar-refractivity contribution in [2.24, 2.45) is 5.41 Å². The Hall–Kier alpha value is -2.57. The van der Waals surface area contributed by atoms with Crippen molar-refractivity contribution in [2.45, 2.75) is 33.3 Å². The van der Waals surface area contributed by atoms with Gasteiger partial charge in [0.05, 0.1) is 6.61 Å². The number of aliphatic hydroxyl groups excluding tert-OH is 2. The maximum absolute atomic E-state index is 12.5. The largest absolute Gasteiger partial charge is 0.491 e. The quantitative estimate of drug-likeness (QED) is 0.604. The molecule has 6 heteroatoms. The summed E-state index contributed by atoms with van der Waals surface area (Å²) in [5, 5.41) is 21.0. The van der Waals surface area contributed by atoms with Crippen LogP contribution in [0.3, 0.4) is 0 Å². The standard InChI is InChI=1S/C22H29NO5/c1-16-4-8-18(9-5-16)23-21(26)28-20(22(2,3)12-13-24)17-6-10-19(11-7-17)27-15-14-25/h4-11,20,24-25H,12-15H2,1-3H3,(H,23,26)/t20-/m1/s1. The first-order valence-corrected chi connectivity index (χ1v) is 9.34. The van der Waals surface area contributed by atoms with Gasteiger partial charge in [-0.1, -0.05) is 43.7 Å². The number of benzene rings is 2. The van der Waals surface area contributed by atoms with Crippen molar-refractivity contribution in [1.29, 1.82) is 0 Å². The van der Waals surface area contributed by atoms with E-state index in [0.717, 1.165) is 11.1 Å². The predicted octanol–water partition coefficient (Wildman–Crippen LogP) is 4.06. The summed E-state index contributed by atoms with van der Waals surface area (Å²) in [5.74, 6) is 0.626. The van der Waals surface area contributed by atoms with Crippen LogP contribution in [-0.2, 0) is 4.74 Å². The van der Waals surface area contributed by atoms with Crippen molar-refractivity contribution in [1.82, 2.24) is 0 Å². The zero-order valence-corrected chi connectivity index (χ0v) is 16.6. The maximum atomic E-state index is 12.5. The van der Waals surface area contributed by atoms with Crippen LogP contribution in [0.2, 0.25) is 0 Å². The van der Waals surface area contributed by atoms with Crippen molar-refractivity contribution in [2.75, 3.05) is 25.1 Å². The fourth-order valence-corrected chi connectivity index (χ4v) is 2.89. The average Bonchev–Trinajstić information content (AvgIpc) is 2.67. The molecule has 0 aliphatic rings. The van der Waals surface area contributed by atoms with Crippen LogP contribution in [0.5, 0.6) is 5.75 Å². The molecule has 0 heterocycles. The summed E-state index contributed by atoms with van der Waals surface area (Å²) in [4.78, 5) is 12.5. The molecule has 2 aromatic rings. The van der Waals surface area contributed by atoms with Crippen LogP contribution in [0.15, 0.2) is 48.5 Å². The topological polar surface area (TPSA) is 88.0 Å². The van der Waals surface area contributed by atoms with Crippen molar-refractivity contribution in [3.63, 3.8) is 0 Å². The van der Waals surface area contributed by atoms with Gasteiger partial charge in [-0.25, -0.2) is 4.79 Å². The third-order valence-corrected chi connectivity index (χ3v) is 4.53. The molecule has 152 valence electrons. The summed E-state index contributed by atoms with van der Waals surface area (Å²) >= 11 is 0. The van der Waals surface area contributed by atoms with Gasteiger partial charge >= 0.3 is 6.09 Å². The Balaban J connectivity index is 2.17. The Kier molecular flexibility index (Phi) is 7.84. The fourth-order valence-electron chi connectivity index (χ4n) is 2.89. The normalized spacial score (nSPS) is 12.3. The number of amides is 1. The first kappa shape index (κ1) is 21.7. The number of aliphatic hydroxyl groups is 2. The second kappa shape index (κ2) is 10.1. The van der Waals surface area contributed by atoms with Gasteiger partial charge in [0.15, 0.2) is 0 Å². The first-order valence-electron chi connectivity index (χ1n) is 9.34. The van der Waals surface area contributed by atoms with Gasteiger partial charge < -0.3 is 19.7 Å². The van der Waals surface area contributed by atoms with Crippen molar-refractivity contribution < 1.29 is 24.5 Å². The van der Waals surface area contributed by atoms with E-state index >= 15 is 0 Å². The van der Waals surface area contributed by atoms with Crippen LogP contribution in [0.1, 0.15) is 37.5 Å². The molecule has 2 aromatic carbocycles. The third kappa shape index (κ3) is 6.25. The van der Waals surface area contributed by atoms with Crippen molar-refractivity contribution >= 4 is 11.8 Å². The van der Waals surface area contributed by atoms with Gasteiger partial charge in [-0.15, -0.1) is 0 Å². The molecule has 0 fully saturated rings. The lowest BCUT2D eigenvalue weighted by molar-refractivity contribution is 0.0152. The summed E-state index contributed by atoms with van der Waals surface area (Å²) < 4.78 is 11.1. The minimum absolute atomic E-state index is 0.00979. The van der Waals surface area contributed by atoms with Gasteiger partial charge in [0.25, 0.3) is 0 Å². The van der Waals surface area contributed by atoms with E-state index in [9.17, 15) is 9.90 Å². The number of hydrogen-bond donors (Lipinski definition) is 3. The van der Waals surface area contributed by atoms with Crippen LogP contribution in [0.4, 0.5) is 10.5 Å². The monoisotopic (exact) mass is 387 g/mol. The number of nitrogens with one attached hydrogen (secondary N) is 1. The van der Waals surface area contributed by atoms with Gasteiger partial charge in [0, 0.05) is 17.7 Å². The molecule has 0 bridgehead atoms. The Bertz CT molecular complexity index is 741. The van der Waals surface area contributed by atoms with Gasteiger partial charge in [0.1, 0.15) is 18.5 Å². The number of carbonyl (C=O) groups is 1. The predicted molar refractivity (Wildman–Crippen MR) is 109 cm³/mol. The van der Waals surface area contributed by atoms with Crippen molar-refractivity contribution in [3.8, 4) is 5.75 Å².